The third kappa shape index (κ3) is 5.22. The number of hydrogen-bond donors (Lipinski definition) is 2. The van der Waals surface area contributed by atoms with Crippen molar-refractivity contribution in [3.63, 3.8) is 0 Å². The summed E-state index contributed by atoms with van der Waals surface area (Å²) in [7, 11) is 0. The van der Waals surface area contributed by atoms with E-state index in [-0.39, 0.29) is 0 Å². The van der Waals surface area contributed by atoms with Crippen LogP contribution >= 0.6 is 0 Å². The maximum absolute atomic E-state index is 10.7. The first kappa shape index (κ1) is 11.9. The molecule has 0 aromatic carbocycles. The van der Waals surface area contributed by atoms with Crippen molar-refractivity contribution in [1.82, 2.24) is 0 Å². The van der Waals surface area contributed by atoms with Gasteiger partial charge in [-0.3, -0.25) is 9.59 Å². The number of unbranched alkanes of at least 4 members (excludes halogenated alkanes) is 3. The van der Waals surface area contributed by atoms with Gasteiger partial charge in [0.25, 0.3) is 0 Å². The maximum atomic E-state index is 10.7. The molecule has 0 rings (SSSR count). The van der Waals surface area contributed by atoms with E-state index in [1.807, 2.05) is 0 Å². The Kier molecular flexibility index (Phi) is 5.93. The number of amides is 2. The summed E-state index contributed by atoms with van der Waals surface area (Å²) in [6.07, 6.45) is 4.59. The molecule has 2 amide bonds. The van der Waals surface area contributed by atoms with E-state index in [4.69, 9.17) is 11.5 Å². The summed E-state index contributed by atoms with van der Waals surface area (Å²) in [5, 5.41) is 0. The molecule has 76 valence electrons. The molecule has 13 heavy (non-hydrogen) atoms. The minimum atomic E-state index is -0.781. The van der Waals surface area contributed by atoms with Gasteiger partial charge < -0.3 is 11.5 Å². The molecule has 0 heterocycles. The molecule has 4 heteroatoms. The first-order chi connectivity index (χ1) is 6.09. The smallest absolute Gasteiger partial charge is 0.229 e. The van der Waals surface area contributed by atoms with Crippen molar-refractivity contribution in [1.29, 1.82) is 0 Å². The average Bonchev–Trinajstić information content (AvgIpc) is 2.02. The molecule has 0 saturated heterocycles. The maximum Gasteiger partial charge on any atom is 0.229 e. The molecule has 0 aromatic heterocycles. The second-order valence-electron chi connectivity index (χ2n) is 3.21. The number of carbonyl (C=O) groups is 2. The zero-order valence-corrected chi connectivity index (χ0v) is 8.08. The number of hydrogen-bond acceptors (Lipinski definition) is 2. The second-order valence-corrected chi connectivity index (χ2v) is 3.21. The third-order valence-corrected chi connectivity index (χ3v) is 2.03. The lowest BCUT2D eigenvalue weighted by Crippen LogP contribution is -2.34. The summed E-state index contributed by atoms with van der Waals surface area (Å²) < 4.78 is 0. The van der Waals surface area contributed by atoms with E-state index in [9.17, 15) is 9.59 Å². The number of primary amides is 2. The van der Waals surface area contributed by atoms with Crippen LogP contribution in [0.1, 0.15) is 39.0 Å². The predicted molar refractivity (Wildman–Crippen MR) is 50.6 cm³/mol. The molecule has 0 unspecified atom stereocenters. The van der Waals surface area contributed by atoms with Crippen molar-refractivity contribution in [2.75, 3.05) is 0 Å². The van der Waals surface area contributed by atoms with Crippen LogP contribution < -0.4 is 11.5 Å². The molecule has 0 fully saturated rings. The standard InChI is InChI=1S/C9H18N2O2/c1-2-3-4-5-6-7(8(10)12)9(11)13/h7H,2-6H2,1H3,(H2,10,12)(H2,11,13). The normalized spacial score (nSPS) is 10.3. The first-order valence-electron chi connectivity index (χ1n) is 4.68. The molecule has 0 aliphatic rings. The van der Waals surface area contributed by atoms with Crippen LogP contribution in [0.3, 0.4) is 0 Å². The van der Waals surface area contributed by atoms with Gasteiger partial charge in [-0.1, -0.05) is 32.6 Å². The summed E-state index contributed by atoms with van der Waals surface area (Å²) in [6.45, 7) is 2.10. The van der Waals surface area contributed by atoms with Crippen LogP contribution in [0.4, 0.5) is 0 Å². The van der Waals surface area contributed by atoms with Gasteiger partial charge in [0.15, 0.2) is 0 Å². The van der Waals surface area contributed by atoms with Crippen molar-refractivity contribution in [2.24, 2.45) is 17.4 Å². The molecule has 4 nitrogen and oxygen atoms in total. The number of nitrogens with two attached hydrogens (primary N) is 2. The number of rotatable bonds is 7. The Bertz CT molecular complexity index is 166. The van der Waals surface area contributed by atoms with Crippen molar-refractivity contribution in [3.05, 3.63) is 0 Å². The second kappa shape index (κ2) is 6.46. The SMILES string of the molecule is CCCCCCC(C(N)=O)C(N)=O. The minimum absolute atomic E-state index is 0.491. The van der Waals surface area contributed by atoms with Gasteiger partial charge in [-0.15, -0.1) is 0 Å². The van der Waals surface area contributed by atoms with Crippen LogP contribution in [0.5, 0.6) is 0 Å². The highest BCUT2D eigenvalue weighted by Crippen LogP contribution is 2.10. The highest BCUT2D eigenvalue weighted by Gasteiger charge is 2.20. The van der Waals surface area contributed by atoms with Crippen molar-refractivity contribution in [3.8, 4) is 0 Å². The Morgan fingerprint density at radius 2 is 1.62 bits per heavy atom. The van der Waals surface area contributed by atoms with E-state index in [0.717, 1.165) is 25.7 Å². The topological polar surface area (TPSA) is 86.2 Å². The molecule has 0 aromatic rings. The zero-order chi connectivity index (χ0) is 10.3. The van der Waals surface area contributed by atoms with E-state index in [1.54, 1.807) is 0 Å². The van der Waals surface area contributed by atoms with E-state index in [2.05, 4.69) is 6.92 Å². The average molecular weight is 186 g/mol. The molecular weight excluding hydrogens is 168 g/mol. The van der Waals surface area contributed by atoms with E-state index in [0.29, 0.717) is 6.42 Å². The Balaban J connectivity index is 3.71. The molecule has 0 aliphatic heterocycles. The fraction of sp³-hybridized carbons (Fsp3) is 0.778. The van der Waals surface area contributed by atoms with Gasteiger partial charge in [0.1, 0.15) is 5.92 Å². The quantitative estimate of drug-likeness (QED) is 0.449. The lowest BCUT2D eigenvalue weighted by atomic mass is 10.00. The Hall–Kier alpha value is -1.06. The van der Waals surface area contributed by atoms with Gasteiger partial charge in [0.05, 0.1) is 0 Å². The van der Waals surface area contributed by atoms with E-state index in [1.165, 1.54) is 0 Å². The van der Waals surface area contributed by atoms with Gasteiger partial charge in [-0.25, -0.2) is 0 Å². The van der Waals surface area contributed by atoms with Crippen molar-refractivity contribution < 1.29 is 9.59 Å². The van der Waals surface area contributed by atoms with Crippen LogP contribution in [-0.4, -0.2) is 11.8 Å². The van der Waals surface area contributed by atoms with E-state index < -0.39 is 17.7 Å². The Morgan fingerprint density at radius 1 is 1.08 bits per heavy atom. The Labute approximate surface area is 78.7 Å². The molecule has 0 radical (unpaired) electrons. The monoisotopic (exact) mass is 186 g/mol. The minimum Gasteiger partial charge on any atom is -0.369 e. The summed E-state index contributed by atoms with van der Waals surface area (Å²) in [5.74, 6) is -2.00. The van der Waals surface area contributed by atoms with E-state index >= 15 is 0 Å². The van der Waals surface area contributed by atoms with Gasteiger partial charge >= 0.3 is 0 Å². The fourth-order valence-electron chi connectivity index (χ4n) is 1.20. The molecule has 0 saturated carbocycles. The molecule has 0 spiro atoms. The lowest BCUT2D eigenvalue weighted by Gasteiger charge is -2.07. The van der Waals surface area contributed by atoms with Gasteiger partial charge in [-0.2, -0.15) is 0 Å². The largest absolute Gasteiger partial charge is 0.369 e. The van der Waals surface area contributed by atoms with Crippen molar-refractivity contribution in [2.45, 2.75) is 39.0 Å². The molecular formula is C9H18N2O2. The van der Waals surface area contributed by atoms with Crippen molar-refractivity contribution >= 4 is 11.8 Å². The molecule has 0 aliphatic carbocycles. The van der Waals surface area contributed by atoms with Crippen LogP contribution in [0, 0.1) is 5.92 Å². The van der Waals surface area contributed by atoms with Gasteiger partial charge in [0, 0.05) is 0 Å². The van der Waals surface area contributed by atoms with Crippen LogP contribution in [-0.2, 0) is 9.59 Å². The summed E-state index contributed by atoms with van der Waals surface area (Å²) in [6, 6.07) is 0. The van der Waals surface area contributed by atoms with Gasteiger partial charge in [0.2, 0.25) is 11.8 Å². The van der Waals surface area contributed by atoms with Crippen LogP contribution in [0.25, 0.3) is 0 Å². The zero-order valence-electron chi connectivity index (χ0n) is 8.08. The highest BCUT2D eigenvalue weighted by atomic mass is 16.2. The first-order valence-corrected chi connectivity index (χ1v) is 4.68. The Morgan fingerprint density at radius 3 is 2.00 bits per heavy atom. The summed E-state index contributed by atoms with van der Waals surface area (Å²) >= 11 is 0. The summed E-state index contributed by atoms with van der Waals surface area (Å²) in [5.41, 5.74) is 10.0. The molecule has 4 N–H and O–H groups in total. The predicted octanol–water partition coefficient (Wildman–Crippen LogP) is 0.544. The molecule has 0 bridgehead atoms. The third-order valence-electron chi connectivity index (χ3n) is 2.03. The van der Waals surface area contributed by atoms with Crippen LogP contribution in [0.2, 0.25) is 0 Å². The van der Waals surface area contributed by atoms with Crippen LogP contribution in [0.15, 0.2) is 0 Å². The lowest BCUT2D eigenvalue weighted by molar-refractivity contribution is -0.131. The number of carbonyl (C=O) groups excluding carboxylic acids is 2. The fourth-order valence-corrected chi connectivity index (χ4v) is 1.20. The van der Waals surface area contributed by atoms with Gasteiger partial charge in [-0.05, 0) is 6.42 Å². The molecule has 0 atom stereocenters. The summed E-state index contributed by atoms with van der Waals surface area (Å²) in [4.78, 5) is 21.5. The highest BCUT2D eigenvalue weighted by molar-refractivity contribution is 5.98.